The second-order valence-corrected chi connectivity index (χ2v) is 8.18. The van der Waals surface area contributed by atoms with E-state index in [4.69, 9.17) is 4.74 Å². The minimum Gasteiger partial charge on any atom is -0.494 e. The molecule has 0 spiro atoms. The van der Waals surface area contributed by atoms with Gasteiger partial charge in [-0.3, -0.25) is 4.79 Å². The van der Waals surface area contributed by atoms with E-state index in [1.807, 2.05) is 18.2 Å². The maximum absolute atomic E-state index is 13.3. The van der Waals surface area contributed by atoms with Crippen LogP contribution in [0.15, 0.2) is 24.3 Å². The molecule has 1 amide bonds. The van der Waals surface area contributed by atoms with Gasteiger partial charge in [-0.1, -0.05) is 6.42 Å². The molecule has 1 aromatic heterocycles. The molecule has 2 saturated heterocycles. The Balaban J connectivity index is 1.32. The molecule has 1 N–H and O–H groups in total. The largest absolute Gasteiger partial charge is 0.494 e. The summed E-state index contributed by atoms with van der Waals surface area (Å²) in [5, 5.41) is 0.893. The molecule has 5 nitrogen and oxygen atoms in total. The molecule has 4 rings (SSSR count). The molecule has 2 aliphatic rings. The van der Waals surface area contributed by atoms with E-state index < -0.39 is 5.92 Å². The van der Waals surface area contributed by atoms with Crippen molar-refractivity contribution in [3.63, 3.8) is 0 Å². The van der Waals surface area contributed by atoms with Gasteiger partial charge >= 0.3 is 0 Å². The lowest BCUT2D eigenvalue weighted by molar-refractivity contribution is -0.0495. The van der Waals surface area contributed by atoms with E-state index in [1.165, 1.54) is 37.3 Å². The number of carbonyl (C=O) groups excluding carboxylic acids is 1. The van der Waals surface area contributed by atoms with Gasteiger partial charge in [-0.05, 0) is 56.6 Å². The number of fused-ring (bicyclic) bond motifs is 1. The van der Waals surface area contributed by atoms with Crippen LogP contribution >= 0.6 is 0 Å². The molecule has 1 aromatic carbocycles. The number of H-pyrrole nitrogens is 1. The second-order valence-electron chi connectivity index (χ2n) is 8.18. The number of hydrogen-bond donors (Lipinski definition) is 1. The lowest BCUT2D eigenvalue weighted by Crippen LogP contribution is -2.42. The Morgan fingerprint density at radius 2 is 1.83 bits per heavy atom. The van der Waals surface area contributed by atoms with E-state index in [2.05, 4.69) is 9.88 Å². The number of piperidine rings is 2. The Morgan fingerprint density at radius 3 is 2.59 bits per heavy atom. The first-order chi connectivity index (χ1) is 14.0. The topological polar surface area (TPSA) is 48.6 Å². The van der Waals surface area contributed by atoms with Crippen molar-refractivity contribution in [3.8, 4) is 5.75 Å². The number of carbonyl (C=O) groups is 1. The van der Waals surface area contributed by atoms with Crippen LogP contribution in [0, 0.1) is 0 Å². The highest BCUT2D eigenvalue weighted by molar-refractivity contribution is 5.98. The normalized spacial score (nSPS) is 20.1. The predicted octanol–water partition coefficient (Wildman–Crippen LogP) is 4.29. The second kappa shape index (κ2) is 8.69. The van der Waals surface area contributed by atoms with Crippen LogP contribution in [0.2, 0.25) is 0 Å². The third-order valence-corrected chi connectivity index (χ3v) is 5.94. The summed E-state index contributed by atoms with van der Waals surface area (Å²) in [5.41, 5.74) is 1.28. The number of benzene rings is 1. The zero-order chi connectivity index (χ0) is 20.3. The first-order valence-electron chi connectivity index (χ1n) is 10.7. The van der Waals surface area contributed by atoms with Crippen molar-refractivity contribution in [1.29, 1.82) is 0 Å². The van der Waals surface area contributed by atoms with E-state index in [1.54, 1.807) is 6.07 Å². The summed E-state index contributed by atoms with van der Waals surface area (Å²) in [5.74, 6) is -2.09. The van der Waals surface area contributed by atoms with E-state index >= 15 is 0 Å². The molecule has 2 aliphatic heterocycles. The van der Waals surface area contributed by atoms with E-state index in [0.717, 1.165) is 29.6 Å². The van der Waals surface area contributed by atoms with Crippen molar-refractivity contribution in [1.82, 2.24) is 14.8 Å². The monoisotopic (exact) mass is 405 g/mol. The van der Waals surface area contributed by atoms with Gasteiger partial charge in [0.25, 0.3) is 11.8 Å². The summed E-state index contributed by atoms with van der Waals surface area (Å²) < 4.78 is 32.5. The molecule has 29 heavy (non-hydrogen) atoms. The molecule has 3 heterocycles. The summed E-state index contributed by atoms with van der Waals surface area (Å²) in [4.78, 5) is 19.7. The molecule has 7 heteroatoms. The first-order valence-corrected chi connectivity index (χ1v) is 10.7. The Hall–Kier alpha value is -2.15. The Labute approximate surface area is 170 Å². The van der Waals surface area contributed by atoms with Gasteiger partial charge in [-0.15, -0.1) is 0 Å². The highest BCUT2D eigenvalue weighted by Crippen LogP contribution is 2.29. The molecule has 2 fully saturated rings. The van der Waals surface area contributed by atoms with Crippen LogP contribution in [0.5, 0.6) is 5.75 Å². The average molecular weight is 405 g/mol. The fraction of sp³-hybridized carbons (Fsp3) is 0.591. The molecule has 158 valence electrons. The number of aromatic nitrogens is 1. The molecular weight excluding hydrogens is 376 g/mol. The first kappa shape index (κ1) is 20.1. The summed E-state index contributed by atoms with van der Waals surface area (Å²) in [6.45, 7) is 4.31. The zero-order valence-electron chi connectivity index (χ0n) is 16.8. The van der Waals surface area contributed by atoms with Crippen LogP contribution in [-0.4, -0.2) is 65.9 Å². The third-order valence-electron chi connectivity index (χ3n) is 5.94. The molecule has 0 saturated carbocycles. The summed E-state index contributed by atoms with van der Waals surface area (Å²) >= 11 is 0. The number of likely N-dealkylation sites (tertiary alicyclic amines) is 2. The fourth-order valence-corrected chi connectivity index (χ4v) is 4.18. The van der Waals surface area contributed by atoms with Gasteiger partial charge in [0, 0.05) is 43.4 Å². The number of amides is 1. The summed E-state index contributed by atoms with van der Waals surface area (Å²) in [7, 11) is 0. The molecule has 0 bridgehead atoms. The SMILES string of the molecule is O=C(c1cc2cc(OCCCN3CCCCC3)ccc2[nH]1)N1CCC(F)(F)CC1. The molecule has 0 aliphatic carbocycles. The average Bonchev–Trinajstić information content (AvgIpc) is 3.15. The van der Waals surface area contributed by atoms with Crippen molar-refractivity contribution in [2.24, 2.45) is 0 Å². The maximum atomic E-state index is 13.3. The lowest BCUT2D eigenvalue weighted by Gasteiger charge is -2.31. The van der Waals surface area contributed by atoms with Gasteiger partial charge in [-0.2, -0.15) is 0 Å². The van der Waals surface area contributed by atoms with Crippen molar-refractivity contribution in [3.05, 3.63) is 30.0 Å². The van der Waals surface area contributed by atoms with Crippen LogP contribution in [0.3, 0.4) is 0 Å². The van der Waals surface area contributed by atoms with Crippen LogP contribution in [0.4, 0.5) is 8.78 Å². The third kappa shape index (κ3) is 5.07. The number of nitrogens with one attached hydrogen (secondary N) is 1. The number of nitrogens with zero attached hydrogens (tertiary/aromatic N) is 2. The number of ether oxygens (including phenoxy) is 1. The predicted molar refractivity (Wildman–Crippen MR) is 109 cm³/mol. The van der Waals surface area contributed by atoms with Gasteiger partial charge in [0.2, 0.25) is 0 Å². The Bertz CT molecular complexity index is 836. The van der Waals surface area contributed by atoms with E-state index in [0.29, 0.717) is 12.3 Å². The van der Waals surface area contributed by atoms with Crippen molar-refractivity contribution >= 4 is 16.8 Å². The van der Waals surface area contributed by atoms with Crippen molar-refractivity contribution in [2.75, 3.05) is 39.3 Å². The highest BCUT2D eigenvalue weighted by atomic mass is 19.3. The molecule has 0 radical (unpaired) electrons. The van der Waals surface area contributed by atoms with Gasteiger partial charge < -0.3 is 19.5 Å². The van der Waals surface area contributed by atoms with Gasteiger partial charge in [0.1, 0.15) is 11.4 Å². The molecule has 0 unspecified atom stereocenters. The van der Waals surface area contributed by atoms with Crippen LogP contribution in [0.25, 0.3) is 10.9 Å². The van der Waals surface area contributed by atoms with Gasteiger partial charge in [0.05, 0.1) is 6.61 Å². The van der Waals surface area contributed by atoms with Crippen LogP contribution in [-0.2, 0) is 0 Å². The standard InChI is InChI=1S/C22H29F2N3O2/c23-22(24)7-12-27(13-8-22)21(28)20-16-17-15-18(5-6-19(17)25-20)29-14-4-11-26-9-2-1-3-10-26/h5-6,15-16,25H,1-4,7-14H2. The number of hydrogen-bond acceptors (Lipinski definition) is 3. The Morgan fingerprint density at radius 1 is 1.07 bits per heavy atom. The molecule has 0 atom stereocenters. The highest BCUT2D eigenvalue weighted by Gasteiger charge is 2.36. The number of aromatic amines is 1. The number of rotatable bonds is 6. The molecule has 2 aromatic rings. The quantitative estimate of drug-likeness (QED) is 0.730. The number of halogens is 2. The van der Waals surface area contributed by atoms with Gasteiger partial charge in [0.15, 0.2) is 0 Å². The lowest BCUT2D eigenvalue weighted by atomic mass is 10.1. The minimum atomic E-state index is -2.66. The van der Waals surface area contributed by atoms with E-state index in [-0.39, 0.29) is 31.8 Å². The van der Waals surface area contributed by atoms with Crippen LogP contribution in [0.1, 0.15) is 49.0 Å². The Kier molecular flexibility index (Phi) is 6.04. The van der Waals surface area contributed by atoms with Crippen LogP contribution < -0.4 is 4.74 Å². The summed E-state index contributed by atoms with van der Waals surface area (Å²) in [6, 6.07) is 7.50. The maximum Gasteiger partial charge on any atom is 0.270 e. The molecular formula is C22H29F2N3O2. The minimum absolute atomic E-state index is 0.0899. The number of alkyl halides is 2. The summed E-state index contributed by atoms with van der Waals surface area (Å²) in [6.07, 6.45) is 4.40. The zero-order valence-corrected chi connectivity index (χ0v) is 16.8. The van der Waals surface area contributed by atoms with Crippen molar-refractivity contribution in [2.45, 2.75) is 44.4 Å². The fourth-order valence-electron chi connectivity index (χ4n) is 4.18. The smallest absolute Gasteiger partial charge is 0.270 e. The van der Waals surface area contributed by atoms with Gasteiger partial charge in [-0.25, -0.2) is 8.78 Å². The van der Waals surface area contributed by atoms with E-state index in [9.17, 15) is 13.6 Å². The van der Waals surface area contributed by atoms with Crippen molar-refractivity contribution < 1.29 is 18.3 Å².